The van der Waals surface area contributed by atoms with Gasteiger partial charge in [0.15, 0.2) is 4.77 Å². The van der Waals surface area contributed by atoms with E-state index in [4.69, 9.17) is 12.2 Å². The van der Waals surface area contributed by atoms with Crippen LogP contribution >= 0.6 is 12.2 Å². The molecule has 0 aliphatic heterocycles. The van der Waals surface area contributed by atoms with Crippen molar-refractivity contribution < 1.29 is 4.79 Å². The van der Waals surface area contributed by atoms with Gasteiger partial charge >= 0.3 is 0 Å². The number of aromatic amines is 1. The highest BCUT2D eigenvalue weighted by atomic mass is 32.1. The number of benzene rings is 2. The lowest BCUT2D eigenvalue weighted by Crippen LogP contribution is -2.19. The van der Waals surface area contributed by atoms with Crippen molar-refractivity contribution in [1.29, 1.82) is 0 Å². The number of amides is 1. The van der Waals surface area contributed by atoms with Gasteiger partial charge in [-0.3, -0.25) is 14.2 Å². The topological polar surface area (TPSA) is 84.2 Å². The molecule has 0 aliphatic rings. The zero-order valence-corrected chi connectivity index (χ0v) is 17.3. The molecule has 1 amide bonds. The molecular formula is C23H17N5O2S. The molecule has 0 radical (unpaired) electrons. The number of aromatic nitrogens is 4. The van der Waals surface area contributed by atoms with Gasteiger partial charge in [-0.15, -0.1) is 0 Å². The minimum absolute atomic E-state index is 0.201. The minimum Gasteiger partial charge on any atom is -0.332 e. The van der Waals surface area contributed by atoms with Gasteiger partial charge in [-0.25, -0.2) is 4.98 Å². The van der Waals surface area contributed by atoms with Crippen LogP contribution in [0, 0.1) is 4.77 Å². The van der Waals surface area contributed by atoms with Crippen LogP contribution in [0.5, 0.6) is 0 Å². The maximum Gasteiger partial charge on any atom is 0.261 e. The SMILES string of the molecule is Cn1c(=S)[nH]c2cc(C(=O)Nc3ccc(-c4cn5ccccc5n4)cc3)ccc2c1=O. The van der Waals surface area contributed by atoms with Crippen LogP contribution in [0.3, 0.4) is 0 Å². The van der Waals surface area contributed by atoms with Crippen molar-refractivity contribution in [2.45, 2.75) is 0 Å². The van der Waals surface area contributed by atoms with Gasteiger partial charge in [0.2, 0.25) is 0 Å². The molecule has 31 heavy (non-hydrogen) atoms. The monoisotopic (exact) mass is 427 g/mol. The van der Waals surface area contributed by atoms with E-state index in [1.807, 2.05) is 59.3 Å². The van der Waals surface area contributed by atoms with Crippen molar-refractivity contribution in [3.63, 3.8) is 0 Å². The fourth-order valence-electron chi connectivity index (χ4n) is 3.45. The highest BCUT2D eigenvalue weighted by molar-refractivity contribution is 7.71. The number of hydrogen-bond donors (Lipinski definition) is 2. The standard InChI is InChI=1S/C23H17N5O2S/c1-27-22(30)17-10-7-15(12-18(17)26-23(27)31)21(29)24-16-8-5-14(6-9-16)19-13-28-11-3-2-4-20(28)25-19/h2-13H,1H3,(H,24,29)(H,26,31). The molecule has 3 aromatic heterocycles. The van der Waals surface area contributed by atoms with E-state index in [2.05, 4.69) is 15.3 Å². The Hall–Kier alpha value is -4.04. The largest absolute Gasteiger partial charge is 0.332 e. The van der Waals surface area contributed by atoms with Crippen LogP contribution < -0.4 is 10.9 Å². The second-order valence-electron chi connectivity index (χ2n) is 7.18. The molecular weight excluding hydrogens is 410 g/mol. The summed E-state index contributed by atoms with van der Waals surface area (Å²) < 4.78 is 3.63. The second-order valence-corrected chi connectivity index (χ2v) is 7.57. The molecule has 5 aromatic rings. The number of H-pyrrole nitrogens is 1. The first-order valence-electron chi connectivity index (χ1n) is 9.58. The van der Waals surface area contributed by atoms with E-state index in [1.165, 1.54) is 4.57 Å². The van der Waals surface area contributed by atoms with Crippen LogP contribution in [-0.4, -0.2) is 24.8 Å². The lowest BCUT2D eigenvalue weighted by molar-refractivity contribution is 0.102. The Balaban J connectivity index is 1.39. The van der Waals surface area contributed by atoms with Crippen LogP contribution in [0.15, 0.2) is 77.9 Å². The molecule has 152 valence electrons. The second kappa shape index (κ2) is 7.33. The third-order valence-corrected chi connectivity index (χ3v) is 5.54. The van der Waals surface area contributed by atoms with Crippen LogP contribution in [0.25, 0.3) is 27.8 Å². The van der Waals surface area contributed by atoms with Gasteiger partial charge in [-0.1, -0.05) is 18.2 Å². The molecule has 8 heteroatoms. The molecule has 2 N–H and O–H groups in total. The van der Waals surface area contributed by atoms with Crippen molar-refractivity contribution in [1.82, 2.24) is 18.9 Å². The summed E-state index contributed by atoms with van der Waals surface area (Å²) in [5.41, 5.74) is 4.10. The normalized spacial score (nSPS) is 11.1. The molecule has 0 bridgehead atoms. The van der Waals surface area contributed by atoms with Gasteiger partial charge in [0.1, 0.15) is 5.65 Å². The summed E-state index contributed by atoms with van der Waals surface area (Å²) in [4.78, 5) is 32.6. The molecule has 0 saturated heterocycles. The number of hydrogen-bond acceptors (Lipinski definition) is 4. The summed E-state index contributed by atoms with van der Waals surface area (Å²) in [6.45, 7) is 0. The molecule has 0 unspecified atom stereocenters. The predicted molar refractivity (Wildman–Crippen MR) is 123 cm³/mol. The number of fused-ring (bicyclic) bond motifs is 2. The van der Waals surface area contributed by atoms with Crippen LogP contribution in [0.2, 0.25) is 0 Å². The number of carbonyl (C=O) groups is 1. The first-order valence-corrected chi connectivity index (χ1v) is 9.99. The summed E-state index contributed by atoms with van der Waals surface area (Å²) in [5, 5.41) is 3.36. The first kappa shape index (κ1) is 19.0. The Bertz CT molecular complexity index is 1550. The third kappa shape index (κ3) is 3.43. The van der Waals surface area contributed by atoms with Gasteiger partial charge < -0.3 is 14.7 Å². The van der Waals surface area contributed by atoms with Gasteiger partial charge in [0.25, 0.3) is 11.5 Å². The zero-order chi connectivity index (χ0) is 21.5. The highest BCUT2D eigenvalue weighted by Crippen LogP contribution is 2.22. The Morgan fingerprint density at radius 3 is 2.68 bits per heavy atom. The van der Waals surface area contributed by atoms with E-state index >= 15 is 0 Å². The first-order chi connectivity index (χ1) is 15.0. The number of rotatable bonds is 3. The van der Waals surface area contributed by atoms with E-state index in [9.17, 15) is 9.59 Å². The summed E-state index contributed by atoms with van der Waals surface area (Å²) in [7, 11) is 1.61. The number of anilines is 1. The Morgan fingerprint density at radius 1 is 1.10 bits per heavy atom. The quantitative estimate of drug-likeness (QED) is 0.424. The average Bonchev–Trinajstić information content (AvgIpc) is 3.22. The van der Waals surface area contributed by atoms with Crippen molar-refractivity contribution in [3.05, 3.63) is 93.7 Å². The van der Waals surface area contributed by atoms with Gasteiger partial charge in [-0.05, 0) is 54.7 Å². The summed E-state index contributed by atoms with van der Waals surface area (Å²) in [6.07, 6.45) is 3.92. The third-order valence-electron chi connectivity index (χ3n) is 5.17. The summed E-state index contributed by atoms with van der Waals surface area (Å²) in [6, 6.07) is 18.2. The Morgan fingerprint density at radius 2 is 1.90 bits per heavy atom. The van der Waals surface area contributed by atoms with Crippen molar-refractivity contribution in [2.75, 3.05) is 5.32 Å². The molecule has 0 spiro atoms. The van der Waals surface area contributed by atoms with Crippen molar-refractivity contribution in [2.24, 2.45) is 7.05 Å². The van der Waals surface area contributed by atoms with Crippen LogP contribution in [-0.2, 0) is 7.05 Å². The van der Waals surface area contributed by atoms with E-state index < -0.39 is 0 Å². The number of nitrogens with one attached hydrogen (secondary N) is 2. The highest BCUT2D eigenvalue weighted by Gasteiger charge is 2.10. The molecule has 0 aliphatic carbocycles. The molecule has 7 nitrogen and oxygen atoms in total. The van der Waals surface area contributed by atoms with E-state index in [0.717, 1.165) is 16.9 Å². The lowest BCUT2D eigenvalue weighted by Gasteiger charge is -2.08. The molecule has 3 heterocycles. The Labute approximate surface area is 181 Å². The molecule has 0 saturated carbocycles. The van der Waals surface area contributed by atoms with Gasteiger partial charge in [-0.2, -0.15) is 0 Å². The van der Waals surface area contributed by atoms with Crippen molar-refractivity contribution >= 4 is 40.4 Å². The Kier molecular flexibility index (Phi) is 4.48. The molecule has 0 fully saturated rings. The van der Waals surface area contributed by atoms with Gasteiger partial charge in [0, 0.05) is 36.3 Å². The predicted octanol–water partition coefficient (Wildman–Crippen LogP) is 4.16. The average molecular weight is 427 g/mol. The number of nitrogens with zero attached hydrogens (tertiary/aromatic N) is 3. The van der Waals surface area contributed by atoms with Gasteiger partial charge in [0.05, 0.1) is 16.6 Å². The fourth-order valence-corrected chi connectivity index (χ4v) is 3.64. The van der Waals surface area contributed by atoms with E-state index in [1.54, 1.807) is 25.2 Å². The minimum atomic E-state index is -0.276. The summed E-state index contributed by atoms with van der Waals surface area (Å²) >= 11 is 5.16. The zero-order valence-electron chi connectivity index (χ0n) is 16.5. The van der Waals surface area contributed by atoms with Crippen LogP contribution in [0.4, 0.5) is 5.69 Å². The fraction of sp³-hybridized carbons (Fsp3) is 0.0435. The molecule has 0 atom stereocenters. The van der Waals surface area contributed by atoms with E-state index in [0.29, 0.717) is 26.9 Å². The number of imidazole rings is 1. The maximum absolute atomic E-state index is 12.7. The number of pyridine rings is 1. The van der Waals surface area contributed by atoms with Crippen molar-refractivity contribution in [3.8, 4) is 11.3 Å². The number of carbonyl (C=O) groups excluding carboxylic acids is 1. The van der Waals surface area contributed by atoms with E-state index in [-0.39, 0.29) is 11.5 Å². The summed E-state index contributed by atoms with van der Waals surface area (Å²) in [5.74, 6) is -0.276. The lowest BCUT2D eigenvalue weighted by atomic mass is 10.1. The molecule has 5 rings (SSSR count). The maximum atomic E-state index is 12.7. The smallest absolute Gasteiger partial charge is 0.261 e. The van der Waals surface area contributed by atoms with Crippen LogP contribution in [0.1, 0.15) is 10.4 Å². The molecule has 2 aromatic carbocycles.